The molecule has 4 heteroatoms. The van der Waals surface area contributed by atoms with E-state index in [1.165, 1.54) is 0 Å². The standard InChI is InChI=1S/C27H18N4/c1-2-8-18(9-3-1)23-13-7-14-25(30-23)22-17-28-16-21-19-10-6-11-20(26(19)31-27(21)22)24-12-4-5-15-29-24/h1-17,31H. The van der Waals surface area contributed by atoms with Gasteiger partial charge in [-0.15, -0.1) is 0 Å². The minimum Gasteiger partial charge on any atom is -0.353 e. The Labute approximate surface area is 179 Å². The van der Waals surface area contributed by atoms with Gasteiger partial charge < -0.3 is 4.98 Å². The normalized spacial score (nSPS) is 11.2. The van der Waals surface area contributed by atoms with Crippen molar-refractivity contribution in [3.63, 3.8) is 0 Å². The van der Waals surface area contributed by atoms with E-state index >= 15 is 0 Å². The summed E-state index contributed by atoms with van der Waals surface area (Å²) in [5.41, 5.74) is 8.03. The molecule has 4 aromatic heterocycles. The van der Waals surface area contributed by atoms with Gasteiger partial charge in [0.2, 0.25) is 0 Å². The molecule has 0 radical (unpaired) electrons. The van der Waals surface area contributed by atoms with Crippen molar-refractivity contribution in [3.05, 3.63) is 104 Å². The van der Waals surface area contributed by atoms with Crippen LogP contribution in [0.15, 0.2) is 104 Å². The average Bonchev–Trinajstić information content (AvgIpc) is 3.24. The number of fused-ring (bicyclic) bond motifs is 3. The first-order valence-electron chi connectivity index (χ1n) is 10.2. The Balaban J connectivity index is 1.58. The van der Waals surface area contributed by atoms with Gasteiger partial charge in [-0.3, -0.25) is 9.97 Å². The summed E-state index contributed by atoms with van der Waals surface area (Å²) in [7, 11) is 0. The summed E-state index contributed by atoms with van der Waals surface area (Å²) in [5, 5.41) is 2.21. The van der Waals surface area contributed by atoms with Crippen LogP contribution in [-0.4, -0.2) is 19.9 Å². The second-order valence-electron chi connectivity index (χ2n) is 7.45. The topological polar surface area (TPSA) is 54.5 Å². The van der Waals surface area contributed by atoms with Crippen LogP contribution in [0.3, 0.4) is 0 Å². The summed E-state index contributed by atoms with van der Waals surface area (Å²) in [4.78, 5) is 17.7. The van der Waals surface area contributed by atoms with Crippen molar-refractivity contribution in [3.8, 4) is 33.8 Å². The molecule has 1 N–H and O–H groups in total. The zero-order valence-corrected chi connectivity index (χ0v) is 16.7. The quantitative estimate of drug-likeness (QED) is 0.370. The highest BCUT2D eigenvalue weighted by molar-refractivity contribution is 6.14. The van der Waals surface area contributed by atoms with Crippen molar-refractivity contribution in [1.29, 1.82) is 0 Å². The fraction of sp³-hybridized carbons (Fsp3) is 0. The van der Waals surface area contributed by atoms with Gasteiger partial charge in [-0.25, -0.2) is 4.98 Å². The molecule has 0 saturated carbocycles. The van der Waals surface area contributed by atoms with Crippen molar-refractivity contribution in [2.75, 3.05) is 0 Å². The van der Waals surface area contributed by atoms with Crippen LogP contribution in [0.1, 0.15) is 0 Å². The number of rotatable bonds is 3. The molecule has 2 aromatic carbocycles. The molecule has 0 aliphatic heterocycles. The SMILES string of the molecule is c1ccc(-c2cccc(-c3cncc4c3[nH]c3c(-c5ccccn5)cccc34)n2)cc1. The smallest absolute Gasteiger partial charge is 0.0746 e. The van der Waals surface area contributed by atoms with E-state index in [4.69, 9.17) is 4.98 Å². The highest BCUT2D eigenvalue weighted by Gasteiger charge is 2.15. The third-order valence-electron chi connectivity index (χ3n) is 5.59. The summed E-state index contributed by atoms with van der Waals surface area (Å²) in [6.07, 6.45) is 5.62. The Morgan fingerprint density at radius 1 is 0.548 bits per heavy atom. The van der Waals surface area contributed by atoms with Crippen molar-refractivity contribution >= 4 is 21.8 Å². The molecule has 0 unspecified atom stereocenters. The Morgan fingerprint density at radius 2 is 1.32 bits per heavy atom. The zero-order chi connectivity index (χ0) is 20.6. The predicted octanol–water partition coefficient (Wildman–Crippen LogP) is 6.51. The van der Waals surface area contributed by atoms with E-state index in [0.717, 1.165) is 55.6 Å². The molecular formula is C27H18N4. The average molecular weight is 398 g/mol. The van der Waals surface area contributed by atoms with Gasteiger partial charge in [-0.2, -0.15) is 0 Å². The molecule has 6 aromatic rings. The van der Waals surface area contributed by atoms with Gasteiger partial charge in [0.15, 0.2) is 0 Å². The summed E-state index contributed by atoms with van der Waals surface area (Å²) in [5.74, 6) is 0. The minimum atomic E-state index is 0.894. The largest absolute Gasteiger partial charge is 0.353 e. The minimum absolute atomic E-state index is 0.894. The maximum atomic E-state index is 4.94. The van der Waals surface area contributed by atoms with Crippen LogP contribution < -0.4 is 0 Å². The van der Waals surface area contributed by atoms with E-state index in [1.807, 2.05) is 73.2 Å². The van der Waals surface area contributed by atoms with Gasteiger partial charge in [0, 0.05) is 46.1 Å². The molecule has 0 saturated heterocycles. The lowest BCUT2D eigenvalue weighted by atomic mass is 10.1. The number of H-pyrrole nitrogens is 1. The molecule has 0 fully saturated rings. The van der Waals surface area contributed by atoms with E-state index in [2.05, 4.69) is 45.3 Å². The second-order valence-corrected chi connectivity index (χ2v) is 7.45. The molecule has 146 valence electrons. The number of hydrogen-bond acceptors (Lipinski definition) is 3. The monoisotopic (exact) mass is 398 g/mol. The lowest BCUT2D eigenvalue weighted by Crippen LogP contribution is -1.89. The highest BCUT2D eigenvalue weighted by Crippen LogP contribution is 2.36. The van der Waals surface area contributed by atoms with Gasteiger partial charge in [0.1, 0.15) is 0 Å². The van der Waals surface area contributed by atoms with Crippen LogP contribution in [0.2, 0.25) is 0 Å². The van der Waals surface area contributed by atoms with Gasteiger partial charge in [0.05, 0.1) is 28.1 Å². The number of hydrogen-bond donors (Lipinski definition) is 1. The van der Waals surface area contributed by atoms with Crippen LogP contribution >= 0.6 is 0 Å². The summed E-state index contributed by atoms with van der Waals surface area (Å²) in [6, 6.07) is 28.6. The van der Waals surface area contributed by atoms with Crippen molar-refractivity contribution in [2.24, 2.45) is 0 Å². The summed E-state index contributed by atoms with van der Waals surface area (Å²) >= 11 is 0. The molecule has 0 spiro atoms. The fourth-order valence-corrected chi connectivity index (χ4v) is 4.12. The van der Waals surface area contributed by atoms with Gasteiger partial charge in [-0.05, 0) is 24.3 Å². The van der Waals surface area contributed by atoms with Gasteiger partial charge in [-0.1, -0.05) is 60.7 Å². The van der Waals surface area contributed by atoms with Crippen LogP contribution in [0.5, 0.6) is 0 Å². The van der Waals surface area contributed by atoms with Crippen LogP contribution in [0.4, 0.5) is 0 Å². The first-order chi connectivity index (χ1) is 15.4. The molecule has 4 heterocycles. The number of nitrogens with one attached hydrogen (secondary N) is 1. The molecule has 0 atom stereocenters. The Kier molecular flexibility index (Phi) is 4.06. The third kappa shape index (κ3) is 2.97. The summed E-state index contributed by atoms with van der Waals surface area (Å²) < 4.78 is 0. The van der Waals surface area contributed by atoms with E-state index in [9.17, 15) is 0 Å². The number of benzene rings is 2. The van der Waals surface area contributed by atoms with Crippen LogP contribution in [-0.2, 0) is 0 Å². The molecule has 0 aliphatic rings. The van der Waals surface area contributed by atoms with Crippen LogP contribution in [0.25, 0.3) is 55.6 Å². The number of para-hydroxylation sites is 1. The molecule has 6 rings (SSSR count). The Bertz CT molecular complexity index is 1520. The van der Waals surface area contributed by atoms with Gasteiger partial charge >= 0.3 is 0 Å². The van der Waals surface area contributed by atoms with Gasteiger partial charge in [0.25, 0.3) is 0 Å². The van der Waals surface area contributed by atoms with E-state index in [1.54, 1.807) is 0 Å². The van der Waals surface area contributed by atoms with Crippen molar-refractivity contribution in [1.82, 2.24) is 19.9 Å². The molecule has 0 amide bonds. The first-order valence-corrected chi connectivity index (χ1v) is 10.2. The third-order valence-corrected chi connectivity index (χ3v) is 5.59. The fourth-order valence-electron chi connectivity index (χ4n) is 4.12. The molecular weight excluding hydrogens is 380 g/mol. The van der Waals surface area contributed by atoms with E-state index < -0.39 is 0 Å². The lowest BCUT2D eigenvalue weighted by Gasteiger charge is -2.06. The number of pyridine rings is 3. The summed E-state index contributed by atoms with van der Waals surface area (Å²) in [6.45, 7) is 0. The molecule has 4 nitrogen and oxygen atoms in total. The number of aromatic nitrogens is 4. The van der Waals surface area contributed by atoms with Crippen molar-refractivity contribution < 1.29 is 0 Å². The predicted molar refractivity (Wildman–Crippen MR) is 125 cm³/mol. The maximum absolute atomic E-state index is 4.94. The lowest BCUT2D eigenvalue weighted by molar-refractivity contribution is 1.29. The number of aromatic amines is 1. The van der Waals surface area contributed by atoms with Crippen molar-refractivity contribution in [2.45, 2.75) is 0 Å². The molecule has 31 heavy (non-hydrogen) atoms. The highest BCUT2D eigenvalue weighted by atomic mass is 14.8. The van der Waals surface area contributed by atoms with Crippen LogP contribution in [0, 0.1) is 0 Å². The molecule has 0 bridgehead atoms. The second kappa shape index (κ2) is 7.18. The Hall–Kier alpha value is -4.31. The molecule has 0 aliphatic carbocycles. The first kappa shape index (κ1) is 17.5. The number of nitrogens with zero attached hydrogens (tertiary/aromatic N) is 3. The maximum Gasteiger partial charge on any atom is 0.0746 e. The zero-order valence-electron chi connectivity index (χ0n) is 16.7. The van der Waals surface area contributed by atoms with E-state index in [-0.39, 0.29) is 0 Å². The van der Waals surface area contributed by atoms with E-state index in [0.29, 0.717) is 0 Å². The Morgan fingerprint density at radius 3 is 2.19 bits per heavy atom.